The monoisotopic (exact) mass is 251 g/mol. The number of carbonyl (C=O) groups is 1. The number of nitrogens with zero attached hydrogens (tertiary/aromatic N) is 4. The summed E-state index contributed by atoms with van der Waals surface area (Å²) in [6, 6.07) is 0.414. The fraction of sp³-hybridized carbons (Fsp3) is 0.833. The second-order valence-electron chi connectivity index (χ2n) is 5.35. The largest absolute Gasteiger partial charge is 0.349 e. The number of aromatic nitrogens is 4. The molecule has 1 aromatic heterocycles. The zero-order chi connectivity index (χ0) is 13.0. The van der Waals surface area contributed by atoms with Gasteiger partial charge in [-0.25, -0.2) is 4.68 Å². The van der Waals surface area contributed by atoms with Gasteiger partial charge in [0.15, 0.2) is 5.82 Å². The zero-order valence-corrected chi connectivity index (χ0v) is 11.1. The summed E-state index contributed by atoms with van der Waals surface area (Å²) < 4.78 is 1.88. The number of carbonyl (C=O) groups excluding carboxylic acids is 1. The number of rotatable bonds is 5. The van der Waals surface area contributed by atoms with Gasteiger partial charge >= 0.3 is 0 Å². The van der Waals surface area contributed by atoms with Gasteiger partial charge in [-0.15, -0.1) is 5.10 Å². The summed E-state index contributed by atoms with van der Waals surface area (Å²) in [7, 11) is 0. The second kappa shape index (κ2) is 5.93. The van der Waals surface area contributed by atoms with Gasteiger partial charge in [0.05, 0.1) is 12.6 Å². The molecule has 1 fully saturated rings. The fourth-order valence-electron chi connectivity index (χ4n) is 2.38. The smallest absolute Gasteiger partial charge is 0.220 e. The van der Waals surface area contributed by atoms with E-state index in [0.29, 0.717) is 24.9 Å². The van der Waals surface area contributed by atoms with E-state index in [4.69, 9.17) is 0 Å². The Morgan fingerprint density at radius 3 is 2.83 bits per heavy atom. The maximum atomic E-state index is 11.6. The van der Waals surface area contributed by atoms with Crippen molar-refractivity contribution in [3.8, 4) is 0 Å². The first kappa shape index (κ1) is 13.0. The van der Waals surface area contributed by atoms with E-state index in [-0.39, 0.29) is 5.91 Å². The summed E-state index contributed by atoms with van der Waals surface area (Å²) in [5, 5.41) is 14.6. The van der Waals surface area contributed by atoms with Crippen molar-refractivity contribution in [1.29, 1.82) is 0 Å². The van der Waals surface area contributed by atoms with E-state index in [0.717, 1.165) is 18.7 Å². The van der Waals surface area contributed by atoms with E-state index in [9.17, 15) is 4.79 Å². The lowest BCUT2D eigenvalue weighted by molar-refractivity contribution is -0.122. The molecule has 0 aromatic carbocycles. The molecule has 1 N–H and O–H groups in total. The lowest BCUT2D eigenvalue weighted by atomic mass is 10.1. The number of tetrazole rings is 1. The summed E-state index contributed by atoms with van der Waals surface area (Å²) >= 11 is 0. The second-order valence-corrected chi connectivity index (χ2v) is 5.35. The average Bonchev–Trinajstić information content (AvgIpc) is 2.96. The predicted molar refractivity (Wildman–Crippen MR) is 66.6 cm³/mol. The quantitative estimate of drug-likeness (QED) is 0.859. The van der Waals surface area contributed by atoms with Crippen molar-refractivity contribution in [2.45, 2.75) is 58.5 Å². The van der Waals surface area contributed by atoms with E-state index in [1.807, 2.05) is 18.5 Å². The lowest BCUT2D eigenvalue weighted by Gasteiger charge is -2.12. The highest BCUT2D eigenvalue weighted by atomic mass is 16.1. The summed E-state index contributed by atoms with van der Waals surface area (Å²) in [5.74, 6) is 1.20. The molecule has 0 atom stereocenters. The van der Waals surface area contributed by atoms with Gasteiger partial charge in [0.2, 0.25) is 5.91 Å². The van der Waals surface area contributed by atoms with Crippen LogP contribution in [-0.2, 0) is 11.3 Å². The molecule has 1 aromatic rings. The molecule has 0 radical (unpaired) electrons. The average molecular weight is 251 g/mol. The Kier molecular flexibility index (Phi) is 4.28. The Bertz CT molecular complexity index is 395. The molecule has 18 heavy (non-hydrogen) atoms. The van der Waals surface area contributed by atoms with Crippen LogP contribution < -0.4 is 5.32 Å². The Balaban J connectivity index is 1.89. The van der Waals surface area contributed by atoms with Gasteiger partial charge in [-0.1, -0.05) is 26.7 Å². The molecule has 100 valence electrons. The molecule has 0 unspecified atom stereocenters. The molecule has 1 heterocycles. The maximum Gasteiger partial charge on any atom is 0.220 e. The van der Waals surface area contributed by atoms with Crippen LogP contribution in [0.2, 0.25) is 0 Å². The molecular formula is C12H21N5O. The van der Waals surface area contributed by atoms with Gasteiger partial charge < -0.3 is 5.32 Å². The Morgan fingerprint density at radius 2 is 2.17 bits per heavy atom. The van der Waals surface area contributed by atoms with Gasteiger partial charge in [-0.05, 0) is 29.2 Å². The molecule has 6 heteroatoms. The van der Waals surface area contributed by atoms with E-state index in [2.05, 4.69) is 20.8 Å². The van der Waals surface area contributed by atoms with Crippen molar-refractivity contribution in [2.24, 2.45) is 5.92 Å². The third-order valence-corrected chi connectivity index (χ3v) is 3.27. The van der Waals surface area contributed by atoms with Crippen LogP contribution in [0.3, 0.4) is 0 Å². The lowest BCUT2D eigenvalue weighted by Crippen LogP contribution is -2.26. The van der Waals surface area contributed by atoms with E-state index >= 15 is 0 Å². The molecule has 1 amide bonds. The van der Waals surface area contributed by atoms with Crippen molar-refractivity contribution < 1.29 is 4.79 Å². The van der Waals surface area contributed by atoms with Crippen LogP contribution in [0, 0.1) is 5.92 Å². The third kappa shape index (κ3) is 3.27. The fourth-order valence-corrected chi connectivity index (χ4v) is 2.38. The number of amides is 1. The van der Waals surface area contributed by atoms with Crippen LogP contribution in [0.4, 0.5) is 0 Å². The van der Waals surface area contributed by atoms with Crippen LogP contribution in [0.15, 0.2) is 0 Å². The Morgan fingerprint density at radius 1 is 1.44 bits per heavy atom. The summed E-state index contributed by atoms with van der Waals surface area (Å²) in [6.07, 6.45) is 5.30. The molecule has 0 spiro atoms. The van der Waals surface area contributed by atoms with Gasteiger partial charge in [0.1, 0.15) is 0 Å². The number of hydrogen-bond donors (Lipinski definition) is 1. The van der Waals surface area contributed by atoms with E-state index in [1.165, 1.54) is 12.8 Å². The minimum atomic E-state index is 0.0611. The Hall–Kier alpha value is -1.46. The molecule has 1 aliphatic rings. The topological polar surface area (TPSA) is 72.7 Å². The van der Waals surface area contributed by atoms with E-state index < -0.39 is 0 Å². The third-order valence-electron chi connectivity index (χ3n) is 3.27. The van der Waals surface area contributed by atoms with Crippen molar-refractivity contribution in [3.63, 3.8) is 0 Å². The van der Waals surface area contributed by atoms with Crippen LogP contribution in [0.5, 0.6) is 0 Å². The van der Waals surface area contributed by atoms with Gasteiger partial charge in [-0.3, -0.25) is 4.79 Å². The first-order chi connectivity index (χ1) is 8.66. The number of nitrogens with one attached hydrogen (secondary N) is 1. The minimum absolute atomic E-state index is 0.0611. The van der Waals surface area contributed by atoms with Crippen molar-refractivity contribution in [1.82, 2.24) is 25.5 Å². The van der Waals surface area contributed by atoms with Gasteiger partial charge in [-0.2, -0.15) is 0 Å². The highest BCUT2D eigenvalue weighted by molar-refractivity contribution is 5.75. The summed E-state index contributed by atoms with van der Waals surface area (Å²) in [4.78, 5) is 11.6. The minimum Gasteiger partial charge on any atom is -0.349 e. The molecule has 0 aliphatic heterocycles. The highest BCUT2D eigenvalue weighted by Gasteiger charge is 2.21. The summed E-state index contributed by atoms with van der Waals surface area (Å²) in [6.45, 7) is 4.49. The van der Waals surface area contributed by atoms with Crippen LogP contribution in [0.25, 0.3) is 0 Å². The Labute approximate surface area is 107 Å². The maximum absolute atomic E-state index is 11.6. The number of hydrogen-bond acceptors (Lipinski definition) is 4. The van der Waals surface area contributed by atoms with Crippen LogP contribution >= 0.6 is 0 Å². The van der Waals surface area contributed by atoms with Crippen LogP contribution in [-0.4, -0.2) is 26.1 Å². The van der Waals surface area contributed by atoms with Gasteiger partial charge in [0, 0.05) is 6.42 Å². The van der Waals surface area contributed by atoms with Gasteiger partial charge in [0.25, 0.3) is 0 Å². The first-order valence-corrected chi connectivity index (χ1v) is 6.70. The summed E-state index contributed by atoms with van der Waals surface area (Å²) in [5.41, 5.74) is 0. The molecular weight excluding hydrogens is 230 g/mol. The molecule has 0 saturated heterocycles. The van der Waals surface area contributed by atoms with Crippen molar-refractivity contribution >= 4 is 5.91 Å². The predicted octanol–water partition coefficient (Wildman–Crippen LogP) is 1.45. The SMILES string of the molecule is CC(C)CC(=O)NCc1nnnn1C1CCCC1. The normalized spacial score (nSPS) is 16.4. The van der Waals surface area contributed by atoms with Crippen LogP contribution in [0.1, 0.15) is 57.8 Å². The molecule has 6 nitrogen and oxygen atoms in total. The molecule has 2 rings (SSSR count). The molecule has 1 aliphatic carbocycles. The van der Waals surface area contributed by atoms with Crippen molar-refractivity contribution in [3.05, 3.63) is 5.82 Å². The first-order valence-electron chi connectivity index (χ1n) is 6.70. The zero-order valence-electron chi connectivity index (χ0n) is 11.1. The van der Waals surface area contributed by atoms with Crippen molar-refractivity contribution in [2.75, 3.05) is 0 Å². The van der Waals surface area contributed by atoms with E-state index in [1.54, 1.807) is 0 Å². The highest BCUT2D eigenvalue weighted by Crippen LogP contribution is 2.28. The molecule has 1 saturated carbocycles. The standard InChI is InChI=1S/C12H21N5O/c1-9(2)7-12(18)13-8-11-14-15-16-17(11)10-5-3-4-6-10/h9-10H,3-8H2,1-2H3,(H,13,18). The molecule has 0 bridgehead atoms.